The molecule has 2 atom stereocenters. The van der Waals surface area contributed by atoms with E-state index in [0.29, 0.717) is 6.61 Å². The van der Waals surface area contributed by atoms with E-state index in [0.717, 1.165) is 5.56 Å². The van der Waals surface area contributed by atoms with Gasteiger partial charge in [0.1, 0.15) is 5.82 Å². The monoisotopic (exact) mass is 197 g/mol. The Labute approximate surface area is 83.9 Å². The molecule has 2 nitrogen and oxygen atoms in total. The average Bonchev–Trinajstić information content (AvgIpc) is 2.17. The number of rotatable bonds is 4. The lowest BCUT2D eigenvalue weighted by molar-refractivity contribution is 0.0574. The standard InChI is InChI=1S/C11H16FNO/c1-3-14-8(2)11(13)9-5-4-6-10(12)7-9/h4-8,11H,3,13H2,1-2H3. The van der Waals surface area contributed by atoms with Crippen LogP contribution in [0.2, 0.25) is 0 Å². The third-order valence-corrected chi connectivity index (χ3v) is 2.17. The second-order valence-electron chi connectivity index (χ2n) is 3.24. The van der Waals surface area contributed by atoms with Gasteiger partial charge in [0.25, 0.3) is 0 Å². The molecule has 0 aliphatic carbocycles. The van der Waals surface area contributed by atoms with Gasteiger partial charge in [0.05, 0.1) is 12.1 Å². The zero-order valence-corrected chi connectivity index (χ0v) is 8.53. The molecular weight excluding hydrogens is 181 g/mol. The van der Waals surface area contributed by atoms with Gasteiger partial charge in [-0.3, -0.25) is 0 Å². The largest absolute Gasteiger partial charge is 0.377 e. The van der Waals surface area contributed by atoms with Crippen molar-refractivity contribution in [3.05, 3.63) is 35.6 Å². The Hall–Kier alpha value is -0.930. The van der Waals surface area contributed by atoms with Gasteiger partial charge in [0.2, 0.25) is 0 Å². The molecule has 2 unspecified atom stereocenters. The molecule has 0 aliphatic heterocycles. The molecule has 0 saturated carbocycles. The van der Waals surface area contributed by atoms with Crippen molar-refractivity contribution in [2.24, 2.45) is 5.73 Å². The molecule has 0 aliphatic rings. The van der Waals surface area contributed by atoms with E-state index in [-0.39, 0.29) is 18.0 Å². The van der Waals surface area contributed by atoms with Gasteiger partial charge in [-0.2, -0.15) is 0 Å². The van der Waals surface area contributed by atoms with Crippen molar-refractivity contribution < 1.29 is 9.13 Å². The van der Waals surface area contributed by atoms with E-state index in [1.165, 1.54) is 12.1 Å². The summed E-state index contributed by atoms with van der Waals surface area (Å²) in [6, 6.07) is 6.04. The van der Waals surface area contributed by atoms with Crippen molar-refractivity contribution in [1.82, 2.24) is 0 Å². The highest BCUT2D eigenvalue weighted by molar-refractivity contribution is 5.20. The highest BCUT2D eigenvalue weighted by Crippen LogP contribution is 2.17. The fraction of sp³-hybridized carbons (Fsp3) is 0.455. The van der Waals surface area contributed by atoms with Crippen LogP contribution in [0.25, 0.3) is 0 Å². The van der Waals surface area contributed by atoms with Crippen LogP contribution < -0.4 is 5.73 Å². The molecule has 3 heteroatoms. The molecule has 1 aromatic rings. The van der Waals surface area contributed by atoms with Crippen LogP contribution in [0, 0.1) is 5.82 Å². The van der Waals surface area contributed by atoms with Crippen molar-refractivity contribution >= 4 is 0 Å². The van der Waals surface area contributed by atoms with E-state index in [4.69, 9.17) is 10.5 Å². The zero-order chi connectivity index (χ0) is 10.6. The summed E-state index contributed by atoms with van der Waals surface area (Å²) in [5.74, 6) is -0.262. The third-order valence-electron chi connectivity index (χ3n) is 2.17. The molecule has 0 spiro atoms. The Morgan fingerprint density at radius 1 is 1.50 bits per heavy atom. The van der Waals surface area contributed by atoms with Gasteiger partial charge in [-0.15, -0.1) is 0 Å². The minimum absolute atomic E-state index is 0.0956. The number of halogens is 1. The SMILES string of the molecule is CCOC(C)C(N)c1cccc(F)c1. The first-order valence-electron chi connectivity index (χ1n) is 4.77. The van der Waals surface area contributed by atoms with Gasteiger partial charge in [-0.25, -0.2) is 4.39 Å². The van der Waals surface area contributed by atoms with Crippen molar-refractivity contribution in [1.29, 1.82) is 0 Å². The van der Waals surface area contributed by atoms with Crippen LogP contribution in [0.5, 0.6) is 0 Å². The second kappa shape index (κ2) is 5.08. The molecular formula is C11H16FNO. The summed E-state index contributed by atoms with van der Waals surface area (Å²) in [4.78, 5) is 0. The van der Waals surface area contributed by atoms with Gasteiger partial charge >= 0.3 is 0 Å². The maximum Gasteiger partial charge on any atom is 0.123 e. The summed E-state index contributed by atoms with van der Waals surface area (Å²) in [7, 11) is 0. The molecule has 0 saturated heterocycles. The first-order chi connectivity index (χ1) is 6.65. The Bertz CT molecular complexity index is 290. The fourth-order valence-electron chi connectivity index (χ4n) is 1.35. The summed E-state index contributed by atoms with van der Waals surface area (Å²) in [5.41, 5.74) is 6.67. The van der Waals surface area contributed by atoms with Crippen LogP contribution in [0.4, 0.5) is 4.39 Å². The number of nitrogens with two attached hydrogens (primary N) is 1. The smallest absolute Gasteiger partial charge is 0.123 e. The van der Waals surface area contributed by atoms with Gasteiger partial charge in [0.15, 0.2) is 0 Å². The topological polar surface area (TPSA) is 35.2 Å². The summed E-state index contributed by atoms with van der Waals surface area (Å²) in [6.45, 7) is 4.41. The summed E-state index contributed by atoms with van der Waals surface area (Å²) >= 11 is 0. The van der Waals surface area contributed by atoms with Crippen LogP contribution in [-0.2, 0) is 4.74 Å². The van der Waals surface area contributed by atoms with Crippen molar-refractivity contribution in [3.63, 3.8) is 0 Å². The number of hydrogen-bond donors (Lipinski definition) is 1. The Balaban J connectivity index is 2.73. The number of benzene rings is 1. The van der Waals surface area contributed by atoms with E-state index in [2.05, 4.69) is 0 Å². The molecule has 0 fully saturated rings. The lowest BCUT2D eigenvalue weighted by Gasteiger charge is -2.20. The third kappa shape index (κ3) is 2.79. The van der Waals surface area contributed by atoms with E-state index >= 15 is 0 Å². The lowest BCUT2D eigenvalue weighted by atomic mass is 10.0. The average molecular weight is 197 g/mol. The molecule has 1 rings (SSSR count). The minimum Gasteiger partial charge on any atom is -0.377 e. The molecule has 78 valence electrons. The molecule has 2 N–H and O–H groups in total. The molecule has 0 aromatic heterocycles. The molecule has 0 radical (unpaired) electrons. The summed E-state index contributed by atoms with van der Waals surface area (Å²) in [6.07, 6.45) is -0.0956. The van der Waals surface area contributed by atoms with Crippen molar-refractivity contribution in [2.45, 2.75) is 26.0 Å². The van der Waals surface area contributed by atoms with Crippen molar-refractivity contribution in [3.8, 4) is 0 Å². The van der Waals surface area contributed by atoms with Crippen LogP contribution in [0.1, 0.15) is 25.5 Å². The van der Waals surface area contributed by atoms with E-state index in [9.17, 15) is 4.39 Å². The van der Waals surface area contributed by atoms with Crippen LogP contribution in [0.15, 0.2) is 24.3 Å². The summed E-state index contributed by atoms with van der Waals surface area (Å²) < 4.78 is 18.2. The first-order valence-corrected chi connectivity index (χ1v) is 4.77. The van der Waals surface area contributed by atoms with E-state index < -0.39 is 0 Å². The first kappa shape index (κ1) is 11.1. The normalized spacial score (nSPS) is 15.1. The second-order valence-corrected chi connectivity index (χ2v) is 3.24. The van der Waals surface area contributed by atoms with Gasteiger partial charge in [0, 0.05) is 6.61 Å². The zero-order valence-electron chi connectivity index (χ0n) is 8.53. The Kier molecular flexibility index (Phi) is 4.04. The molecule has 0 amide bonds. The highest BCUT2D eigenvalue weighted by Gasteiger charge is 2.14. The number of ether oxygens (including phenoxy) is 1. The van der Waals surface area contributed by atoms with E-state index in [1.54, 1.807) is 6.07 Å². The Morgan fingerprint density at radius 2 is 2.21 bits per heavy atom. The predicted octanol–water partition coefficient (Wildman–Crippen LogP) is 2.25. The molecule has 1 aromatic carbocycles. The van der Waals surface area contributed by atoms with Gasteiger partial charge in [-0.1, -0.05) is 12.1 Å². The Morgan fingerprint density at radius 3 is 2.79 bits per heavy atom. The fourth-order valence-corrected chi connectivity index (χ4v) is 1.35. The molecule has 0 heterocycles. The van der Waals surface area contributed by atoms with Crippen LogP contribution in [0.3, 0.4) is 0 Å². The van der Waals surface area contributed by atoms with E-state index in [1.807, 2.05) is 19.9 Å². The molecule has 0 bridgehead atoms. The summed E-state index contributed by atoms with van der Waals surface area (Å²) in [5, 5.41) is 0. The quantitative estimate of drug-likeness (QED) is 0.803. The van der Waals surface area contributed by atoms with Crippen molar-refractivity contribution in [2.75, 3.05) is 6.61 Å². The lowest BCUT2D eigenvalue weighted by Crippen LogP contribution is -2.26. The predicted molar refractivity (Wildman–Crippen MR) is 54.4 cm³/mol. The minimum atomic E-state index is -0.273. The van der Waals surface area contributed by atoms with Gasteiger partial charge < -0.3 is 10.5 Å². The number of hydrogen-bond acceptors (Lipinski definition) is 2. The van der Waals surface area contributed by atoms with Gasteiger partial charge in [-0.05, 0) is 31.5 Å². The molecule has 14 heavy (non-hydrogen) atoms. The maximum absolute atomic E-state index is 12.9. The maximum atomic E-state index is 12.9. The highest BCUT2D eigenvalue weighted by atomic mass is 19.1. The van der Waals surface area contributed by atoms with Crippen LogP contribution in [-0.4, -0.2) is 12.7 Å². The van der Waals surface area contributed by atoms with Crippen LogP contribution >= 0.6 is 0 Å².